The zero-order valence-corrected chi connectivity index (χ0v) is 8.44. The fraction of sp³-hybridized carbons (Fsp3) is 0.273. The molecule has 0 fully saturated rings. The van der Waals surface area contributed by atoms with Crippen LogP contribution in [0, 0.1) is 0 Å². The fourth-order valence-electron chi connectivity index (χ4n) is 0.713. The molecule has 0 N–H and O–H groups in total. The Kier molecular flexibility index (Phi) is 7.92. The van der Waals surface area contributed by atoms with Gasteiger partial charge in [0.2, 0.25) is 0 Å². The molecule has 0 saturated carbocycles. The maximum absolute atomic E-state index is 3.66. The van der Waals surface area contributed by atoms with Gasteiger partial charge >= 0.3 is 0 Å². The van der Waals surface area contributed by atoms with Crippen LogP contribution in [0.4, 0.5) is 0 Å². The Morgan fingerprint density at radius 1 is 1.42 bits per heavy atom. The summed E-state index contributed by atoms with van der Waals surface area (Å²) in [6.45, 7) is 9.49. The number of hydrogen-bond donors (Lipinski definition) is 0. The van der Waals surface area contributed by atoms with Crippen LogP contribution in [-0.4, -0.2) is 0 Å². The van der Waals surface area contributed by atoms with Crippen molar-refractivity contribution in [3.05, 3.63) is 47.8 Å². The van der Waals surface area contributed by atoms with Crippen LogP contribution in [0.25, 0.3) is 0 Å². The first-order valence-corrected chi connectivity index (χ1v) is 5.00. The lowest BCUT2D eigenvalue weighted by Crippen LogP contribution is -1.67. The summed E-state index contributed by atoms with van der Waals surface area (Å²) >= 11 is 1.62. The SMILES string of the molecule is C=C/C=C(/C=C/CCC)SC=C. The predicted octanol–water partition coefficient (Wildman–Crippen LogP) is 4.29. The van der Waals surface area contributed by atoms with Crippen LogP contribution in [0.1, 0.15) is 19.8 Å². The summed E-state index contributed by atoms with van der Waals surface area (Å²) in [4.78, 5) is 1.19. The van der Waals surface area contributed by atoms with Crippen LogP contribution in [0.2, 0.25) is 0 Å². The van der Waals surface area contributed by atoms with Gasteiger partial charge < -0.3 is 0 Å². The van der Waals surface area contributed by atoms with Gasteiger partial charge in [0, 0.05) is 4.91 Å². The first-order valence-electron chi connectivity index (χ1n) is 4.12. The molecule has 1 heteroatoms. The molecule has 0 radical (unpaired) electrons. The van der Waals surface area contributed by atoms with Crippen molar-refractivity contribution in [3.63, 3.8) is 0 Å². The van der Waals surface area contributed by atoms with Crippen LogP contribution in [0.15, 0.2) is 47.8 Å². The Morgan fingerprint density at radius 3 is 2.67 bits per heavy atom. The minimum Gasteiger partial charge on any atom is -0.0990 e. The minimum atomic E-state index is 1.13. The van der Waals surface area contributed by atoms with Gasteiger partial charge in [-0.15, -0.1) is 0 Å². The maximum Gasteiger partial charge on any atom is 0.0112 e. The Labute approximate surface area is 79.8 Å². The highest BCUT2D eigenvalue weighted by molar-refractivity contribution is 8.06. The van der Waals surface area contributed by atoms with E-state index in [1.165, 1.54) is 11.3 Å². The summed E-state index contributed by atoms with van der Waals surface area (Å²) < 4.78 is 0. The molecule has 0 bridgehead atoms. The van der Waals surface area contributed by atoms with Crippen molar-refractivity contribution < 1.29 is 0 Å². The van der Waals surface area contributed by atoms with Gasteiger partial charge in [-0.2, -0.15) is 0 Å². The number of rotatable bonds is 6. The highest BCUT2D eigenvalue weighted by Gasteiger charge is 1.85. The molecule has 0 aromatic carbocycles. The van der Waals surface area contributed by atoms with Gasteiger partial charge in [0.05, 0.1) is 0 Å². The molecule has 0 unspecified atom stereocenters. The topological polar surface area (TPSA) is 0 Å². The quantitative estimate of drug-likeness (QED) is 0.549. The van der Waals surface area contributed by atoms with Crippen molar-refractivity contribution >= 4 is 11.8 Å². The third kappa shape index (κ3) is 6.05. The van der Waals surface area contributed by atoms with E-state index >= 15 is 0 Å². The zero-order chi connectivity index (χ0) is 9.23. The van der Waals surface area contributed by atoms with Gasteiger partial charge in [-0.25, -0.2) is 0 Å². The van der Waals surface area contributed by atoms with E-state index in [1.807, 2.05) is 11.5 Å². The average Bonchev–Trinajstić information content (AvgIpc) is 2.06. The van der Waals surface area contributed by atoms with Crippen molar-refractivity contribution in [2.24, 2.45) is 0 Å². The lowest BCUT2D eigenvalue weighted by Gasteiger charge is -1.93. The highest BCUT2D eigenvalue weighted by atomic mass is 32.2. The van der Waals surface area contributed by atoms with Crippen molar-refractivity contribution in [2.45, 2.75) is 19.8 Å². The van der Waals surface area contributed by atoms with Crippen molar-refractivity contribution in [3.8, 4) is 0 Å². The van der Waals surface area contributed by atoms with Crippen LogP contribution >= 0.6 is 11.8 Å². The predicted molar refractivity (Wildman–Crippen MR) is 60.1 cm³/mol. The Morgan fingerprint density at radius 2 is 2.17 bits per heavy atom. The molecule has 0 aromatic rings. The van der Waals surface area contributed by atoms with Gasteiger partial charge in [0.25, 0.3) is 0 Å². The second kappa shape index (κ2) is 8.41. The van der Waals surface area contributed by atoms with Crippen molar-refractivity contribution in [1.82, 2.24) is 0 Å². The molecule has 0 aliphatic heterocycles. The Bertz CT molecular complexity index is 187. The molecule has 0 spiro atoms. The van der Waals surface area contributed by atoms with Crippen molar-refractivity contribution in [1.29, 1.82) is 0 Å². The second-order valence-electron chi connectivity index (χ2n) is 2.28. The molecule has 0 amide bonds. The molecule has 0 atom stereocenters. The lowest BCUT2D eigenvalue weighted by atomic mass is 10.3. The maximum atomic E-state index is 3.66. The summed E-state index contributed by atoms with van der Waals surface area (Å²) in [5.41, 5.74) is 0. The zero-order valence-electron chi connectivity index (χ0n) is 7.62. The molecule has 12 heavy (non-hydrogen) atoms. The second-order valence-corrected chi connectivity index (χ2v) is 3.32. The Hall–Kier alpha value is -0.690. The summed E-state index contributed by atoms with van der Waals surface area (Å²) in [6, 6.07) is 0. The minimum absolute atomic E-state index is 1.13. The van der Waals surface area contributed by atoms with Gasteiger partial charge in [-0.1, -0.05) is 56.5 Å². The van der Waals surface area contributed by atoms with Crippen LogP contribution in [0.5, 0.6) is 0 Å². The van der Waals surface area contributed by atoms with E-state index < -0.39 is 0 Å². The standard InChI is InChI=1S/C11H16S/c1-4-7-8-10-11(9-5-2)12-6-3/h5-6,8-10H,2-4,7H2,1H3/b10-8+,11-9-. The molecule has 0 saturated heterocycles. The molecule has 0 rings (SSSR count). The number of thioether (sulfide) groups is 1. The molecule has 66 valence electrons. The lowest BCUT2D eigenvalue weighted by molar-refractivity contribution is 0.958. The molecular formula is C11H16S. The summed E-state index contributed by atoms with van der Waals surface area (Å²) in [5, 5.41) is 1.83. The normalized spacial score (nSPS) is 11.9. The monoisotopic (exact) mass is 180 g/mol. The number of hydrogen-bond acceptors (Lipinski definition) is 1. The van der Waals surface area contributed by atoms with E-state index in [4.69, 9.17) is 0 Å². The van der Waals surface area contributed by atoms with Crippen LogP contribution < -0.4 is 0 Å². The van der Waals surface area contributed by atoms with E-state index in [2.05, 4.69) is 32.2 Å². The van der Waals surface area contributed by atoms with Gasteiger partial charge in [0.15, 0.2) is 0 Å². The molecule has 0 aromatic heterocycles. The van der Waals surface area contributed by atoms with Gasteiger partial charge in [0.1, 0.15) is 0 Å². The van der Waals surface area contributed by atoms with E-state index in [-0.39, 0.29) is 0 Å². The third-order valence-corrected chi connectivity index (χ3v) is 1.95. The van der Waals surface area contributed by atoms with Gasteiger partial charge in [-0.05, 0) is 17.9 Å². The average molecular weight is 180 g/mol. The fourth-order valence-corrected chi connectivity index (χ4v) is 1.25. The van der Waals surface area contributed by atoms with Gasteiger partial charge in [-0.3, -0.25) is 0 Å². The first kappa shape index (κ1) is 11.3. The molecule has 0 aliphatic carbocycles. The third-order valence-electron chi connectivity index (χ3n) is 1.24. The van der Waals surface area contributed by atoms with E-state index in [1.54, 1.807) is 17.8 Å². The smallest absolute Gasteiger partial charge is 0.0112 e. The number of unbranched alkanes of at least 4 members (excludes halogenated alkanes) is 1. The molecular weight excluding hydrogens is 164 g/mol. The first-order chi connectivity index (χ1) is 5.85. The number of allylic oxidation sites excluding steroid dienone is 4. The van der Waals surface area contributed by atoms with Crippen LogP contribution in [0.3, 0.4) is 0 Å². The van der Waals surface area contributed by atoms with E-state index in [0.717, 1.165) is 6.42 Å². The summed E-state index contributed by atoms with van der Waals surface area (Å²) in [6.07, 6.45) is 10.4. The summed E-state index contributed by atoms with van der Waals surface area (Å²) in [5.74, 6) is 0. The van der Waals surface area contributed by atoms with Crippen LogP contribution in [-0.2, 0) is 0 Å². The van der Waals surface area contributed by atoms with E-state index in [9.17, 15) is 0 Å². The molecule has 0 aliphatic rings. The largest absolute Gasteiger partial charge is 0.0990 e. The Balaban J connectivity index is 4.02. The highest BCUT2D eigenvalue weighted by Crippen LogP contribution is 2.17. The van der Waals surface area contributed by atoms with Crippen molar-refractivity contribution in [2.75, 3.05) is 0 Å². The molecule has 0 heterocycles. The molecule has 0 nitrogen and oxygen atoms in total. The summed E-state index contributed by atoms with van der Waals surface area (Å²) in [7, 11) is 0. The van der Waals surface area contributed by atoms with E-state index in [0.29, 0.717) is 0 Å².